The van der Waals surface area contributed by atoms with E-state index in [9.17, 15) is 13.6 Å². The fraction of sp³-hybridized carbons (Fsp3) is 0.533. The van der Waals surface area contributed by atoms with Crippen molar-refractivity contribution in [3.8, 4) is 0 Å². The van der Waals surface area contributed by atoms with Gasteiger partial charge in [0.2, 0.25) is 0 Å². The molecule has 2 nitrogen and oxygen atoms in total. The van der Waals surface area contributed by atoms with E-state index in [1.54, 1.807) is 0 Å². The van der Waals surface area contributed by atoms with Gasteiger partial charge in [0.1, 0.15) is 0 Å². The van der Waals surface area contributed by atoms with Crippen LogP contribution in [0.4, 0.5) is 8.78 Å². The van der Waals surface area contributed by atoms with E-state index in [1.165, 1.54) is 6.07 Å². The average Bonchev–Trinajstić information content (AvgIpc) is 2.40. The van der Waals surface area contributed by atoms with E-state index in [0.717, 1.165) is 31.6 Å². The Hall–Kier alpha value is -1.29. The van der Waals surface area contributed by atoms with Crippen LogP contribution in [0.25, 0.3) is 0 Å². The summed E-state index contributed by atoms with van der Waals surface area (Å²) in [6, 6.07) is 3.29. The van der Waals surface area contributed by atoms with Crippen LogP contribution in [0.15, 0.2) is 18.2 Å². The number of carbonyl (C=O) groups excluding carboxylic acids is 1. The molecule has 1 aromatic rings. The molecule has 4 heteroatoms. The molecule has 0 aliphatic carbocycles. The number of Topliss-reactive ketones (excluding diaryl/α,β-unsaturated/α-hetero) is 1. The van der Waals surface area contributed by atoms with Crippen molar-refractivity contribution in [3.05, 3.63) is 35.4 Å². The monoisotopic (exact) mass is 269 g/mol. The molecule has 1 aromatic carbocycles. The second-order valence-corrected chi connectivity index (χ2v) is 4.89. The molecule has 1 atom stereocenters. The topological polar surface area (TPSA) is 20.3 Å². The summed E-state index contributed by atoms with van der Waals surface area (Å²) in [6.45, 7) is 8.06. The van der Waals surface area contributed by atoms with Crippen LogP contribution < -0.4 is 0 Å². The van der Waals surface area contributed by atoms with Crippen molar-refractivity contribution >= 4 is 5.78 Å². The summed E-state index contributed by atoms with van der Waals surface area (Å²) < 4.78 is 25.9. The maximum atomic E-state index is 13.1. The van der Waals surface area contributed by atoms with Crippen molar-refractivity contribution in [3.63, 3.8) is 0 Å². The second-order valence-electron chi connectivity index (χ2n) is 4.89. The molecule has 0 fully saturated rings. The van der Waals surface area contributed by atoms with E-state index < -0.39 is 11.6 Å². The van der Waals surface area contributed by atoms with E-state index in [2.05, 4.69) is 13.8 Å². The third-order valence-corrected chi connectivity index (χ3v) is 3.32. The number of benzene rings is 1. The molecule has 1 rings (SSSR count). The Morgan fingerprint density at radius 1 is 1.26 bits per heavy atom. The van der Waals surface area contributed by atoms with Crippen molar-refractivity contribution in [1.29, 1.82) is 0 Å². The number of likely N-dealkylation sites (N-methyl/N-ethyl adjacent to an activating group) is 1. The predicted octanol–water partition coefficient (Wildman–Crippen LogP) is 3.52. The van der Waals surface area contributed by atoms with Crippen molar-refractivity contribution in [1.82, 2.24) is 4.90 Å². The highest BCUT2D eigenvalue weighted by molar-refractivity contribution is 5.97. The van der Waals surface area contributed by atoms with Gasteiger partial charge in [0.05, 0.1) is 6.54 Å². The van der Waals surface area contributed by atoms with Gasteiger partial charge in [-0.1, -0.05) is 27.2 Å². The van der Waals surface area contributed by atoms with Crippen LogP contribution in [0, 0.1) is 17.6 Å². The third kappa shape index (κ3) is 4.71. The standard InChI is InChI=1S/C15H21F2NO/c1-4-11(3)9-18(5-2)10-15(19)12-6-7-13(16)14(17)8-12/h6-8,11H,4-5,9-10H2,1-3H3. The molecule has 0 amide bonds. The highest BCUT2D eigenvalue weighted by atomic mass is 19.2. The molecule has 0 bridgehead atoms. The van der Waals surface area contributed by atoms with Gasteiger partial charge in [-0.25, -0.2) is 8.78 Å². The zero-order valence-corrected chi connectivity index (χ0v) is 11.7. The second kappa shape index (κ2) is 7.34. The fourth-order valence-corrected chi connectivity index (χ4v) is 1.84. The molecule has 0 saturated carbocycles. The molecule has 0 heterocycles. The summed E-state index contributed by atoms with van der Waals surface area (Å²) in [5.74, 6) is -1.57. The number of hydrogen-bond acceptors (Lipinski definition) is 2. The summed E-state index contributed by atoms with van der Waals surface area (Å²) in [6.07, 6.45) is 1.05. The van der Waals surface area contributed by atoms with Crippen LogP contribution in [-0.4, -0.2) is 30.3 Å². The van der Waals surface area contributed by atoms with E-state index in [-0.39, 0.29) is 17.9 Å². The molecule has 0 radical (unpaired) electrons. The van der Waals surface area contributed by atoms with E-state index >= 15 is 0 Å². The van der Waals surface area contributed by atoms with E-state index in [4.69, 9.17) is 0 Å². The van der Waals surface area contributed by atoms with Crippen LogP contribution in [0.1, 0.15) is 37.6 Å². The number of rotatable bonds is 7. The van der Waals surface area contributed by atoms with E-state index in [1.807, 2.05) is 11.8 Å². The Labute approximate surface area is 113 Å². The molecular formula is C15H21F2NO. The molecule has 0 aliphatic rings. The summed E-state index contributed by atoms with van der Waals surface area (Å²) in [7, 11) is 0. The van der Waals surface area contributed by atoms with Crippen LogP contribution in [-0.2, 0) is 0 Å². The first kappa shape index (κ1) is 15.8. The number of nitrogens with zero attached hydrogens (tertiary/aromatic N) is 1. The first-order valence-corrected chi connectivity index (χ1v) is 6.68. The van der Waals surface area contributed by atoms with Crippen molar-refractivity contribution in [2.75, 3.05) is 19.6 Å². The highest BCUT2D eigenvalue weighted by Gasteiger charge is 2.14. The minimum absolute atomic E-state index is 0.177. The van der Waals surface area contributed by atoms with Gasteiger partial charge >= 0.3 is 0 Å². The van der Waals surface area contributed by atoms with Crippen molar-refractivity contribution < 1.29 is 13.6 Å². The Morgan fingerprint density at radius 2 is 1.95 bits per heavy atom. The molecule has 1 unspecified atom stereocenters. The SMILES string of the molecule is CCC(C)CN(CC)CC(=O)c1ccc(F)c(F)c1. The molecule has 0 aliphatic heterocycles. The molecule has 0 spiro atoms. The third-order valence-electron chi connectivity index (χ3n) is 3.32. The lowest BCUT2D eigenvalue weighted by Crippen LogP contribution is -2.33. The minimum atomic E-state index is -0.976. The van der Waals surface area contributed by atoms with Crippen LogP contribution in [0.2, 0.25) is 0 Å². The van der Waals surface area contributed by atoms with Gasteiger partial charge in [0.15, 0.2) is 17.4 Å². The highest BCUT2D eigenvalue weighted by Crippen LogP contribution is 2.11. The van der Waals surface area contributed by atoms with Gasteiger partial charge in [-0.15, -0.1) is 0 Å². The number of halogens is 2. The Morgan fingerprint density at radius 3 is 2.47 bits per heavy atom. The van der Waals surface area contributed by atoms with E-state index in [0.29, 0.717) is 5.92 Å². The van der Waals surface area contributed by atoms with Gasteiger partial charge in [-0.3, -0.25) is 9.69 Å². The van der Waals surface area contributed by atoms with Gasteiger partial charge in [-0.05, 0) is 30.7 Å². The summed E-state index contributed by atoms with van der Waals surface area (Å²) >= 11 is 0. The first-order chi connectivity index (χ1) is 8.97. The van der Waals surface area contributed by atoms with Gasteiger partial charge in [0.25, 0.3) is 0 Å². The maximum Gasteiger partial charge on any atom is 0.176 e. The van der Waals surface area contributed by atoms with Crippen LogP contribution in [0.5, 0.6) is 0 Å². The summed E-state index contributed by atoms with van der Waals surface area (Å²) in [5, 5.41) is 0. The lowest BCUT2D eigenvalue weighted by atomic mass is 10.1. The summed E-state index contributed by atoms with van der Waals surface area (Å²) in [5.41, 5.74) is 0.224. The molecule has 19 heavy (non-hydrogen) atoms. The Kier molecular flexibility index (Phi) is 6.09. The predicted molar refractivity (Wildman–Crippen MR) is 72.3 cm³/mol. The molecular weight excluding hydrogens is 248 g/mol. The smallest absolute Gasteiger partial charge is 0.176 e. The largest absolute Gasteiger partial charge is 0.296 e. The van der Waals surface area contributed by atoms with Gasteiger partial charge in [-0.2, -0.15) is 0 Å². The average molecular weight is 269 g/mol. The molecule has 0 N–H and O–H groups in total. The molecule has 0 saturated heterocycles. The summed E-state index contributed by atoms with van der Waals surface area (Å²) in [4.78, 5) is 14.0. The van der Waals surface area contributed by atoms with Crippen molar-refractivity contribution in [2.24, 2.45) is 5.92 Å². The lowest BCUT2D eigenvalue weighted by molar-refractivity contribution is 0.0923. The lowest BCUT2D eigenvalue weighted by Gasteiger charge is -2.22. The molecule has 106 valence electrons. The first-order valence-electron chi connectivity index (χ1n) is 6.68. The number of carbonyl (C=O) groups is 1. The number of hydrogen-bond donors (Lipinski definition) is 0. The van der Waals surface area contributed by atoms with Crippen molar-refractivity contribution in [2.45, 2.75) is 27.2 Å². The van der Waals surface area contributed by atoms with Gasteiger partial charge in [0, 0.05) is 12.1 Å². The minimum Gasteiger partial charge on any atom is -0.296 e. The Bertz CT molecular complexity index is 434. The van der Waals surface area contributed by atoms with Crippen LogP contribution in [0.3, 0.4) is 0 Å². The zero-order chi connectivity index (χ0) is 14.4. The zero-order valence-electron chi connectivity index (χ0n) is 11.7. The van der Waals surface area contributed by atoms with Crippen LogP contribution >= 0.6 is 0 Å². The fourth-order valence-electron chi connectivity index (χ4n) is 1.84. The quantitative estimate of drug-likeness (QED) is 0.706. The Balaban J connectivity index is 2.68. The number of ketones is 1. The van der Waals surface area contributed by atoms with Gasteiger partial charge < -0.3 is 0 Å². The maximum absolute atomic E-state index is 13.1. The molecule has 0 aromatic heterocycles. The normalized spacial score (nSPS) is 12.7.